The first-order valence-electron chi connectivity index (χ1n) is 7.34. The van der Waals surface area contributed by atoms with Crippen molar-refractivity contribution in [1.29, 1.82) is 5.26 Å². The number of hydrogen-bond acceptors (Lipinski definition) is 5. The first-order chi connectivity index (χ1) is 13.1. The fourth-order valence-corrected chi connectivity index (χ4v) is 3.43. The Balaban J connectivity index is 2.44. The summed E-state index contributed by atoms with van der Waals surface area (Å²) in [4.78, 5) is 10.1. The average Bonchev–Trinajstić information content (AvgIpc) is 2.63. The van der Waals surface area contributed by atoms with Crippen molar-refractivity contribution in [1.82, 2.24) is 0 Å². The summed E-state index contributed by atoms with van der Waals surface area (Å²) in [6.07, 6.45) is -3.50. The molecule has 0 aliphatic heterocycles. The maximum atomic E-state index is 12.7. The Labute approximate surface area is 164 Å². The summed E-state index contributed by atoms with van der Waals surface area (Å²) >= 11 is 5.82. The fourth-order valence-electron chi connectivity index (χ4n) is 2.08. The van der Waals surface area contributed by atoms with Crippen LogP contribution in [0.25, 0.3) is 0 Å². The molecule has 2 unspecified atom stereocenters. The molecule has 0 amide bonds. The molecule has 28 heavy (non-hydrogen) atoms. The number of alkyl halides is 3. The molecule has 0 bridgehead atoms. The van der Waals surface area contributed by atoms with E-state index in [0.717, 1.165) is 30.3 Å². The van der Waals surface area contributed by atoms with Gasteiger partial charge in [0.05, 0.1) is 32.4 Å². The zero-order valence-corrected chi connectivity index (χ0v) is 15.3. The summed E-state index contributed by atoms with van der Waals surface area (Å²) in [7, 11) is -2.13. The molecule has 0 radical (unpaired) electrons. The Hall–Kier alpha value is -2.90. The van der Waals surface area contributed by atoms with Crippen LogP contribution in [0.2, 0.25) is 5.02 Å². The predicted molar refractivity (Wildman–Crippen MR) is 95.6 cm³/mol. The second-order valence-corrected chi connectivity index (χ2v) is 7.16. The number of nitro groups is 1. The number of nitrogens with zero attached hydrogens (tertiary/aromatic N) is 2. The summed E-state index contributed by atoms with van der Waals surface area (Å²) in [5.74, 6) is -0.197. The van der Waals surface area contributed by atoms with E-state index >= 15 is 0 Å². The van der Waals surface area contributed by atoms with E-state index in [9.17, 15) is 27.5 Å². The third kappa shape index (κ3) is 4.68. The van der Waals surface area contributed by atoms with Gasteiger partial charge in [-0.1, -0.05) is 17.7 Å². The minimum atomic E-state index is -4.59. The van der Waals surface area contributed by atoms with E-state index in [2.05, 4.69) is 6.58 Å². The number of hydrogen-bond donors (Lipinski definition) is 0. The predicted octanol–water partition coefficient (Wildman–Crippen LogP) is 5.25. The van der Waals surface area contributed by atoms with Crippen LogP contribution in [0.5, 0.6) is 11.5 Å². The highest BCUT2D eigenvalue weighted by atomic mass is 35.5. The molecule has 0 saturated heterocycles. The summed E-state index contributed by atoms with van der Waals surface area (Å²) in [5, 5.41) is 18.6. The highest BCUT2D eigenvalue weighted by molar-refractivity contribution is 7.86. The molecule has 0 saturated carbocycles. The van der Waals surface area contributed by atoms with Crippen molar-refractivity contribution in [2.24, 2.45) is 0 Å². The zero-order valence-electron chi connectivity index (χ0n) is 13.8. The van der Waals surface area contributed by atoms with Gasteiger partial charge in [0.15, 0.2) is 0 Å². The molecule has 2 rings (SSSR count). The summed E-state index contributed by atoms with van der Waals surface area (Å²) in [6.45, 7) is 3.36. The number of benzene rings is 2. The van der Waals surface area contributed by atoms with Crippen LogP contribution in [0.15, 0.2) is 53.9 Å². The Morgan fingerprint density at radius 3 is 2.50 bits per heavy atom. The molecule has 0 N–H and O–H groups in total. The molecule has 0 aliphatic rings. The largest absolute Gasteiger partial charge is 0.456 e. The second kappa shape index (κ2) is 8.41. The fraction of sp³-hybridized carbons (Fsp3) is 0.118. The molecular weight excluding hydrogens is 421 g/mol. The van der Waals surface area contributed by atoms with Crippen LogP contribution in [0.1, 0.15) is 5.56 Å². The molecule has 2 atom stereocenters. The van der Waals surface area contributed by atoms with Gasteiger partial charge in [0.2, 0.25) is 0 Å². The van der Waals surface area contributed by atoms with Gasteiger partial charge in [0.1, 0.15) is 21.6 Å². The Morgan fingerprint density at radius 2 is 2.00 bits per heavy atom. The van der Waals surface area contributed by atoms with E-state index in [1.807, 2.05) is 0 Å². The topological polar surface area (TPSA) is 93.2 Å². The summed E-state index contributed by atoms with van der Waals surface area (Å²) in [6, 6.07) is 7.37. The minimum absolute atomic E-state index is 0.0589. The van der Waals surface area contributed by atoms with Gasteiger partial charge in [-0.25, -0.2) is 0 Å². The van der Waals surface area contributed by atoms with Crippen LogP contribution in [0, 0.1) is 21.4 Å². The lowest BCUT2D eigenvalue weighted by Crippen LogP contribution is -2.11. The van der Waals surface area contributed by atoms with Crippen LogP contribution in [-0.2, 0) is 17.0 Å². The molecule has 11 heteroatoms. The second-order valence-electron chi connectivity index (χ2n) is 5.21. The zero-order chi connectivity index (χ0) is 21.1. The molecule has 0 aromatic heterocycles. The molecule has 2 aromatic rings. The van der Waals surface area contributed by atoms with Crippen molar-refractivity contribution in [3.05, 3.63) is 69.8 Å². The Morgan fingerprint density at radius 1 is 1.32 bits per heavy atom. The van der Waals surface area contributed by atoms with E-state index in [0.29, 0.717) is 6.07 Å². The lowest BCUT2D eigenvalue weighted by molar-refractivity contribution is -0.387. The van der Waals surface area contributed by atoms with Gasteiger partial charge in [-0.05, 0) is 24.3 Å². The van der Waals surface area contributed by atoms with E-state index in [1.165, 1.54) is 6.07 Å². The van der Waals surface area contributed by atoms with Crippen molar-refractivity contribution in [3.63, 3.8) is 0 Å². The number of nitro benzene ring substituents is 1. The first kappa shape index (κ1) is 21.4. The van der Waals surface area contributed by atoms with Gasteiger partial charge in [0.25, 0.3) is 5.69 Å². The normalized spacial score (nSPS) is 13.2. The van der Waals surface area contributed by atoms with Crippen molar-refractivity contribution < 1.29 is 27.0 Å². The van der Waals surface area contributed by atoms with Gasteiger partial charge >= 0.3 is 6.18 Å². The van der Waals surface area contributed by atoms with Crippen LogP contribution < -0.4 is 4.74 Å². The first-order valence-corrected chi connectivity index (χ1v) is 8.93. The van der Waals surface area contributed by atoms with E-state index < -0.39 is 38.4 Å². The summed E-state index contributed by atoms with van der Waals surface area (Å²) < 4.78 is 55.9. The number of ether oxygens (including phenoxy) is 1. The maximum Gasteiger partial charge on any atom is 0.416 e. The third-order valence-electron chi connectivity index (χ3n) is 3.40. The third-order valence-corrected chi connectivity index (χ3v) is 5.22. The molecular formula is C17H10ClF3N2O4S. The van der Waals surface area contributed by atoms with Gasteiger partial charge < -0.3 is 4.74 Å². The van der Waals surface area contributed by atoms with Crippen molar-refractivity contribution >= 4 is 28.1 Å². The standard InChI is InChI=1S/C17H10ClF3N2O4S/c1-2-12(9-22)28(26)16-8-11(4-5-14(16)23(24)25)27-15-6-3-10(7-13(15)18)17(19,20)21/h2-8,12H,1H2. The molecule has 0 aliphatic carbocycles. The SMILES string of the molecule is C=CC(C#N)S(=O)c1cc(Oc2ccc(C(F)(F)F)cc2Cl)ccc1[N+](=O)[O-]. The molecule has 0 spiro atoms. The smallest absolute Gasteiger partial charge is 0.416 e. The van der Waals surface area contributed by atoms with Crippen molar-refractivity contribution in [2.75, 3.05) is 0 Å². The highest BCUT2D eigenvalue weighted by Crippen LogP contribution is 2.37. The monoisotopic (exact) mass is 430 g/mol. The molecule has 146 valence electrons. The van der Waals surface area contributed by atoms with E-state index in [4.69, 9.17) is 21.6 Å². The molecule has 0 heterocycles. The van der Waals surface area contributed by atoms with Crippen LogP contribution >= 0.6 is 11.6 Å². The van der Waals surface area contributed by atoms with Crippen LogP contribution in [0.4, 0.5) is 18.9 Å². The van der Waals surface area contributed by atoms with Crippen LogP contribution in [0.3, 0.4) is 0 Å². The average molecular weight is 431 g/mol. The van der Waals surface area contributed by atoms with Crippen LogP contribution in [-0.4, -0.2) is 14.4 Å². The quantitative estimate of drug-likeness (QED) is 0.354. The highest BCUT2D eigenvalue weighted by Gasteiger charge is 2.31. The van der Waals surface area contributed by atoms with Crippen molar-refractivity contribution in [3.8, 4) is 17.6 Å². The van der Waals surface area contributed by atoms with Gasteiger partial charge in [0, 0.05) is 12.1 Å². The lowest BCUT2D eigenvalue weighted by atomic mass is 10.2. The molecule has 6 nitrogen and oxygen atoms in total. The Bertz CT molecular complexity index is 1000. The van der Waals surface area contributed by atoms with Gasteiger partial charge in [-0.3, -0.25) is 14.3 Å². The Kier molecular flexibility index (Phi) is 6.43. The van der Waals surface area contributed by atoms with Gasteiger partial charge in [-0.2, -0.15) is 18.4 Å². The maximum absolute atomic E-state index is 12.7. The van der Waals surface area contributed by atoms with Crippen molar-refractivity contribution in [2.45, 2.75) is 16.3 Å². The number of rotatable bonds is 6. The number of nitriles is 1. The molecule has 2 aromatic carbocycles. The lowest BCUT2D eigenvalue weighted by Gasteiger charge is -2.12. The van der Waals surface area contributed by atoms with E-state index in [-0.39, 0.29) is 21.4 Å². The van der Waals surface area contributed by atoms with E-state index in [1.54, 1.807) is 6.07 Å². The molecule has 0 fully saturated rings. The van der Waals surface area contributed by atoms with Gasteiger partial charge in [-0.15, -0.1) is 6.58 Å². The minimum Gasteiger partial charge on any atom is -0.456 e. The summed E-state index contributed by atoms with van der Waals surface area (Å²) in [5.41, 5.74) is -1.48. The number of halogens is 4.